The third-order valence-electron chi connectivity index (χ3n) is 3.46. The molecule has 1 N–H and O–H groups in total. The van der Waals surface area contributed by atoms with Gasteiger partial charge in [0.25, 0.3) is 0 Å². The Morgan fingerprint density at radius 2 is 2.15 bits per heavy atom. The fraction of sp³-hybridized carbons (Fsp3) is 0.667. The van der Waals surface area contributed by atoms with Crippen LogP contribution in [0.1, 0.15) is 32.0 Å². The quantitative estimate of drug-likeness (QED) is 0.663. The van der Waals surface area contributed by atoms with Gasteiger partial charge in [-0.1, -0.05) is 0 Å². The minimum absolute atomic E-state index is 0.0286. The maximum absolute atomic E-state index is 11.9. The average molecular weight is 281 g/mol. The molecule has 1 aromatic rings. The van der Waals surface area contributed by atoms with Gasteiger partial charge in [0.2, 0.25) is 11.7 Å². The average Bonchev–Trinajstić information content (AvgIpc) is 2.84. The second-order valence-electron chi connectivity index (χ2n) is 5.32. The first-order valence-corrected chi connectivity index (χ1v) is 6.58. The van der Waals surface area contributed by atoms with E-state index in [2.05, 4.69) is 10.4 Å². The van der Waals surface area contributed by atoms with E-state index in [0.717, 1.165) is 0 Å². The molecule has 1 fully saturated rings. The first-order valence-electron chi connectivity index (χ1n) is 6.58. The van der Waals surface area contributed by atoms with Crippen LogP contribution in [0.15, 0.2) is 0 Å². The van der Waals surface area contributed by atoms with Crippen LogP contribution in [0.3, 0.4) is 0 Å². The van der Waals surface area contributed by atoms with E-state index in [0.29, 0.717) is 24.5 Å². The molecule has 1 unspecified atom stereocenters. The number of carbonyl (C=O) groups is 1. The zero-order valence-corrected chi connectivity index (χ0v) is 12.1. The Morgan fingerprint density at radius 3 is 2.60 bits per heavy atom. The number of hydrogen-bond acceptors (Lipinski definition) is 5. The van der Waals surface area contributed by atoms with Gasteiger partial charge in [-0.2, -0.15) is 5.10 Å². The number of rotatable bonds is 4. The van der Waals surface area contributed by atoms with Crippen molar-refractivity contribution >= 4 is 17.4 Å². The zero-order chi connectivity index (χ0) is 15.0. The third kappa shape index (κ3) is 2.33. The largest absolute Gasteiger partial charge is 0.353 e. The van der Waals surface area contributed by atoms with E-state index in [9.17, 15) is 14.9 Å². The number of nitrogens with one attached hydrogen (secondary N) is 1. The predicted molar refractivity (Wildman–Crippen MR) is 73.7 cm³/mol. The van der Waals surface area contributed by atoms with E-state index in [-0.39, 0.29) is 17.6 Å². The van der Waals surface area contributed by atoms with Crippen LogP contribution in [0.4, 0.5) is 11.5 Å². The van der Waals surface area contributed by atoms with Crippen molar-refractivity contribution in [1.82, 2.24) is 14.7 Å². The normalized spacial score (nSPS) is 18.9. The van der Waals surface area contributed by atoms with Crippen molar-refractivity contribution in [3.63, 3.8) is 0 Å². The fourth-order valence-electron chi connectivity index (χ4n) is 2.39. The Hall–Kier alpha value is -2.12. The molecule has 1 amide bonds. The Bertz CT molecular complexity index is 552. The molecule has 1 aliphatic heterocycles. The molecule has 1 aliphatic rings. The fourth-order valence-corrected chi connectivity index (χ4v) is 2.39. The summed E-state index contributed by atoms with van der Waals surface area (Å²) in [5, 5.41) is 18.4. The molecule has 0 aromatic carbocycles. The SMILES string of the molecule is Cc1nn(C(C)C)c(NC2CCN(C)C2=O)c1[N+](=O)[O-]. The molecule has 0 spiro atoms. The van der Waals surface area contributed by atoms with E-state index >= 15 is 0 Å². The molecule has 8 heteroatoms. The maximum atomic E-state index is 11.9. The number of likely N-dealkylation sites (N-methyl/N-ethyl adjacent to an activating group) is 1. The number of likely N-dealkylation sites (tertiary alicyclic amines) is 1. The number of amides is 1. The summed E-state index contributed by atoms with van der Waals surface area (Å²) in [7, 11) is 1.73. The summed E-state index contributed by atoms with van der Waals surface area (Å²) in [6.45, 7) is 6.04. The van der Waals surface area contributed by atoms with Crippen LogP contribution in [0.2, 0.25) is 0 Å². The number of hydrogen-bond donors (Lipinski definition) is 1. The number of anilines is 1. The summed E-state index contributed by atoms with van der Waals surface area (Å²) in [5.74, 6) is 0.268. The van der Waals surface area contributed by atoms with E-state index in [4.69, 9.17) is 0 Å². The lowest BCUT2D eigenvalue weighted by atomic mass is 10.2. The smallest absolute Gasteiger partial charge is 0.333 e. The lowest BCUT2D eigenvalue weighted by Gasteiger charge is -2.16. The highest BCUT2D eigenvalue weighted by Crippen LogP contribution is 2.32. The van der Waals surface area contributed by atoms with E-state index in [1.54, 1.807) is 23.6 Å². The summed E-state index contributed by atoms with van der Waals surface area (Å²) >= 11 is 0. The van der Waals surface area contributed by atoms with Gasteiger partial charge in [-0.15, -0.1) is 0 Å². The first kappa shape index (κ1) is 14.3. The Morgan fingerprint density at radius 1 is 1.50 bits per heavy atom. The highest BCUT2D eigenvalue weighted by molar-refractivity contribution is 5.87. The number of nitro groups is 1. The van der Waals surface area contributed by atoms with Crippen molar-refractivity contribution in [2.75, 3.05) is 18.9 Å². The van der Waals surface area contributed by atoms with Crippen LogP contribution in [-0.4, -0.2) is 45.1 Å². The standard InChI is InChI=1S/C12H19N5O3/c1-7(2)16-11(10(17(19)20)8(3)14-16)13-9-5-6-15(4)12(9)18/h7,9,13H,5-6H2,1-4H3. The monoisotopic (exact) mass is 281 g/mol. The van der Waals surface area contributed by atoms with Gasteiger partial charge in [-0.3, -0.25) is 14.9 Å². The van der Waals surface area contributed by atoms with Crippen LogP contribution in [0.5, 0.6) is 0 Å². The van der Waals surface area contributed by atoms with Gasteiger partial charge in [0, 0.05) is 19.6 Å². The zero-order valence-electron chi connectivity index (χ0n) is 12.1. The van der Waals surface area contributed by atoms with Gasteiger partial charge in [-0.05, 0) is 27.2 Å². The molecule has 20 heavy (non-hydrogen) atoms. The molecule has 1 aromatic heterocycles. The molecule has 0 bridgehead atoms. The predicted octanol–water partition coefficient (Wildman–Crippen LogP) is 1.32. The number of aromatic nitrogens is 2. The van der Waals surface area contributed by atoms with Gasteiger partial charge in [-0.25, -0.2) is 4.68 Å². The van der Waals surface area contributed by atoms with Crippen LogP contribution in [-0.2, 0) is 4.79 Å². The Balaban J connectivity index is 2.39. The molecule has 0 saturated carbocycles. The molecule has 8 nitrogen and oxygen atoms in total. The van der Waals surface area contributed by atoms with Gasteiger partial charge >= 0.3 is 5.69 Å². The van der Waals surface area contributed by atoms with Gasteiger partial charge < -0.3 is 10.2 Å². The first-order chi connectivity index (χ1) is 9.32. The molecular weight excluding hydrogens is 262 g/mol. The lowest BCUT2D eigenvalue weighted by molar-refractivity contribution is -0.384. The molecule has 0 radical (unpaired) electrons. The minimum Gasteiger partial charge on any atom is -0.353 e. The number of nitrogens with zero attached hydrogens (tertiary/aromatic N) is 4. The van der Waals surface area contributed by atoms with Crippen molar-refractivity contribution in [3.8, 4) is 0 Å². The van der Waals surface area contributed by atoms with Crippen LogP contribution in [0.25, 0.3) is 0 Å². The van der Waals surface area contributed by atoms with Crippen LogP contribution >= 0.6 is 0 Å². The van der Waals surface area contributed by atoms with Crippen molar-refractivity contribution in [2.24, 2.45) is 0 Å². The molecular formula is C12H19N5O3. The van der Waals surface area contributed by atoms with Crippen molar-refractivity contribution in [2.45, 2.75) is 39.3 Å². The van der Waals surface area contributed by atoms with Gasteiger partial charge in [0.15, 0.2) is 0 Å². The highest BCUT2D eigenvalue weighted by atomic mass is 16.6. The van der Waals surface area contributed by atoms with Crippen molar-refractivity contribution < 1.29 is 9.72 Å². The lowest BCUT2D eigenvalue weighted by Crippen LogP contribution is -2.32. The summed E-state index contributed by atoms with van der Waals surface area (Å²) in [6.07, 6.45) is 0.634. The summed E-state index contributed by atoms with van der Waals surface area (Å²) in [5.41, 5.74) is 0.297. The molecule has 2 heterocycles. The Labute approximate surface area is 116 Å². The van der Waals surface area contributed by atoms with Gasteiger partial charge in [0.05, 0.1) is 4.92 Å². The van der Waals surface area contributed by atoms with Crippen LogP contribution in [0, 0.1) is 17.0 Å². The second-order valence-corrected chi connectivity index (χ2v) is 5.32. The molecule has 2 rings (SSSR count). The molecule has 1 saturated heterocycles. The van der Waals surface area contributed by atoms with Crippen LogP contribution < -0.4 is 5.32 Å². The number of aryl methyl sites for hydroxylation is 1. The number of carbonyl (C=O) groups excluding carboxylic acids is 1. The van der Waals surface area contributed by atoms with Gasteiger partial charge in [0.1, 0.15) is 11.7 Å². The highest BCUT2D eigenvalue weighted by Gasteiger charge is 2.34. The summed E-state index contributed by atoms with van der Waals surface area (Å²) < 4.78 is 1.57. The summed E-state index contributed by atoms with van der Waals surface area (Å²) in [4.78, 5) is 24.3. The molecule has 1 atom stereocenters. The molecule has 110 valence electrons. The van der Waals surface area contributed by atoms with Crippen molar-refractivity contribution in [1.29, 1.82) is 0 Å². The third-order valence-corrected chi connectivity index (χ3v) is 3.46. The van der Waals surface area contributed by atoms with E-state index in [1.807, 2.05) is 13.8 Å². The Kier molecular flexibility index (Phi) is 3.65. The van der Waals surface area contributed by atoms with Crippen molar-refractivity contribution in [3.05, 3.63) is 15.8 Å². The topological polar surface area (TPSA) is 93.3 Å². The second kappa shape index (κ2) is 5.10. The maximum Gasteiger partial charge on any atom is 0.333 e. The minimum atomic E-state index is -0.452. The van der Waals surface area contributed by atoms with E-state index < -0.39 is 11.0 Å². The van der Waals surface area contributed by atoms with E-state index in [1.165, 1.54) is 0 Å². The summed E-state index contributed by atoms with van der Waals surface area (Å²) in [6, 6.07) is -0.452. The molecule has 0 aliphatic carbocycles.